The fraction of sp³-hybridized carbons (Fsp3) is 0.318. The summed E-state index contributed by atoms with van der Waals surface area (Å²) in [5, 5.41) is 4.95. The lowest BCUT2D eigenvalue weighted by molar-refractivity contribution is -0.136. The van der Waals surface area contributed by atoms with E-state index in [1.54, 1.807) is 30.3 Å². The number of hydrogen-bond acceptors (Lipinski definition) is 6. The van der Waals surface area contributed by atoms with E-state index in [0.717, 1.165) is 17.0 Å². The van der Waals surface area contributed by atoms with E-state index < -0.39 is 18.0 Å². The second kappa shape index (κ2) is 8.17. The second-order valence-electron chi connectivity index (χ2n) is 7.73. The first kappa shape index (κ1) is 20.5. The van der Waals surface area contributed by atoms with Gasteiger partial charge in [-0.3, -0.25) is 30.0 Å². The van der Waals surface area contributed by atoms with Crippen LogP contribution in [-0.2, 0) is 27.5 Å². The quantitative estimate of drug-likeness (QED) is 0.726. The average Bonchev–Trinajstić information content (AvgIpc) is 3.01. The van der Waals surface area contributed by atoms with Crippen LogP contribution in [0.15, 0.2) is 30.3 Å². The minimum atomic E-state index is -0.657. The molecule has 1 saturated heterocycles. The van der Waals surface area contributed by atoms with Crippen LogP contribution in [0.1, 0.15) is 48.6 Å². The highest BCUT2D eigenvalue weighted by atomic mass is 16.5. The highest BCUT2D eigenvalue weighted by Gasteiger charge is 2.39. The molecule has 1 fully saturated rings. The number of pyridine rings is 1. The summed E-state index contributed by atoms with van der Waals surface area (Å²) < 4.78 is 5.28. The zero-order valence-corrected chi connectivity index (χ0v) is 17.2. The number of aromatic nitrogens is 1. The third kappa shape index (κ3) is 4.40. The number of fused-ring (bicyclic) bond motifs is 1. The second-order valence-corrected chi connectivity index (χ2v) is 7.73. The van der Waals surface area contributed by atoms with Crippen LogP contribution in [-0.4, -0.2) is 39.7 Å². The van der Waals surface area contributed by atoms with Gasteiger partial charge in [0.25, 0.3) is 5.91 Å². The van der Waals surface area contributed by atoms with Crippen LogP contribution in [0.5, 0.6) is 0 Å². The Morgan fingerprint density at radius 1 is 1.23 bits per heavy atom. The number of hydrogen-bond donors (Lipinski definition) is 2. The van der Waals surface area contributed by atoms with Gasteiger partial charge in [0.2, 0.25) is 11.8 Å². The van der Waals surface area contributed by atoms with Crippen LogP contribution in [0.2, 0.25) is 0 Å². The van der Waals surface area contributed by atoms with Crippen LogP contribution in [0.3, 0.4) is 0 Å². The van der Waals surface area contributed by atoms with Gasteiger partial charge in [-0.2, -0.15) is 0 Å². The van der Waals surface area contributed by atoms with Crippen molar-refractivity contribution in [3.05, 3.63) is 58.4 Å². The van der Waals surface area contributed by atoms with Crippen molar-refractivity contribution in [3.63, 3.8) is 0 Å². The lowest BCUT2D eigenvalue weighted by Crippen LogP contribution is -2.52. The SMILES string of the molecule is Cc1cc(NC(=O)OCc2ccc3c(c2)C(=O)N(C2CCC(=O)NC2=O)C3)cc(C)n1.[HH].[HH]. The molecular weight excluding hydrogens is 400 g/mol. The number of aryl methyl sites for hydroxylation is 2. The van der Waals surface area contributed by atoms with E-state index in [4.69, 9.17) is 4.74 Å². The zero-order chi connectivity index (χ0) is 22.1. The predicted octanol–water partition coefficient (Wildman–Crippen LogP) is 2.70. The number of carbonyl (C=O) groups is 4. The molecule has 0 radical (unpaired) electrons. The molecule has 31 heavy (non-hydrogen) atoms. The summed E-state index contributed by atoms with van der Waals surface area (Å²) in [6.45, 7) is 3.98. The topological polar surface area (TPSA) is 118 Å². The van der Waals surface area contributed by atoms with Crippen LogP contribution < -0.4 is 10.6 Å². The fourth-order valence-electron chi connectivity index (χ4n) is 3.90. The van der Waals surface area contributed by atoms with Gasteiger partial charge in [0.15, 0.2) is 0 Å². The minimum absolute atomic E-state index is 0. The Hall–Kier alpha value is -3.75. The molecule has 1 atom stereocenters. The van der Waals surface area contributed by atoms with Crippen LogP contribution in [0.4, 0.5) is 10.5 Å². The van der Waals surface area contributed by atoms with Crippen molar-refractivity contribution in [2.75, 3.05) is 5.32 Å². The molecule has 4 amide bonds. The third-order valence-electron chi connectivity index (χ3n) is 5.29. The summed E-state index contributed by atoms with van der Waals surface area (Å²) in [6, 6.07) is 8.09. The van der Waals surface area contributed by atoms with Crippen LogP contribution >= 0.6 is 0 Å². The number of ether oxygens (including phenoxy) is 1. The summed E-state index contributed by atoms with van der Waals surface area (Å²) in [6.07, 6.45) is -0.0857. The van der Waals surface area contributed by atoms with E-state index in [-0.39, 0.29) is 27.7 Å². The standard InChI is InChI=1S/C22H22N4O5.2H2/c1-12-7-16(8-13(2)23-12)24-22(30)31-11-14-3-4-15-10-26(21(29)17(15)9-14)18-5-6-19(27)25-20(18)28;;/h3-4,7-9,18H,5-6,10-11H2,1-2H3,(H,23,24,30)(H,25,27,28);2*1H. The molecule has 2 aromatic rings. The largest absolute Gasteiger partial charge is 0.444 e. The van der Waals surface area contributed by atoms with Gasteiger partial charge in [0, 0.05) is 38.5 Å². The first-order valence-electron chi connectivity index (χ1n) is 9.95. The maximum atomic E-state index is 12.9. The van der Waals surface area contributed by atoms with E-state index in [9.17, 15) is 19.2 Å². The van der Waals surface area contributed by atoms with Gasteiger partial charge in [-0.25, -0.2) is 4.79 Å². The Morgan fingerprint density at radius 2 is 1.97 bits per heavy atom. The fourth-order valence-corrected chi connectivity index (χ4v) is 3.90. The van der Waals surface area contributed by atoms with Gasteiger partial charge < -0.3 is 9.64 Å². The third-order valence-corrected chi connectivity index (χ3v) is 5.29. The van der Waals surface area contributed by atoms with Gasteiger partial charge in [0.1, 0.15) is 12.6 Å². The Morgan fingerprint density at radius 3 is 2.68 bits per heavy atom. The normalized spacial score (nSPS) is 17.9. The number of amides is 4. The molecule has 0 aliphatic carbocycles. The number of benzene rings is 1. The number of piperidine rings is 1. The lowest BCUT2D eigenvalue weighted by Gasteiger charge is -2.29. The molecule has 164 valence electrons. The molecule has 3 heterocycles. The maximum absolute atomic E-state index is 12.9. The molecule has 0 saturated carbocycles. The van der Waals surface area contributed by atoms with Crippen molar-refractivity contribution in [2.24, 2.45) is 0 Å². The predicted molar refractivity (Wildman–Crippen MR) is 114 cm³/mol. The summed E-state index contributed by atoms with van der Waals surface area (Å²) >= 11 is 0. The average molecular weight is 426 g/mol. The van der Waals surface area contributed by atoms with Crippen molar-refractivity contribution >= 4 is 29.5 Å². The Kier molecular flexibility index (Phi) is 5.41. The van der Waals surface area contributed by atoms with Gasteiger partial charge in [-0.15, -0.1) is 0 Å². The molecule has 0 spiro atoms. The van der Waals surface area contributed by atoms with Gasteiger partial charge >= 0.3 is 6.09 Å². The van der Waals surface area contributed by atoms with E-state index >= 15 is 0 Å². The Balaban J connectivity index is 0.00000193. The number of anilines is 1. The molecule has 9 heteroatoms. The van der Waals surface area contributed by atoms with Crippen LogP contribution in [0, 0.1) is 13.8 Å². The molecule has 0 bridgehead atoms. The Bertz CT molecular complexity index is 1090. The zero-order valence-electron chi connectivity index (χ0n) is 17.2. The van der Waals surface area contributed by atoms with Crippen molar-refractivity contribution in [3.8, 4) is 0 Å². The number of imide groups is 1. The number of nitrogens with one attached hydrogen (secondary N) is 2. The van der Waals surface area contributed by atoms with Crippen LogP contribution in [0.25, 0.3) is 0 Å². The molecular formula is C22H26N4O5. The van der Waals surface area contributed by atoms with E-state index in [2.05, 4.69) is 15.6 Å². The van der Waals surface area contributed by atoms with Crippen molar-refractivity contribution < 1.29 is 26.8 Å². The molecule has 2 aliphatic rings. The molecule has 2 aliphatic heterocycles. The summed E-state index contributed by atoms with van der Waals surface area (Å²) in [5.74, 6) is -1.03. The first-order valence-corrected chi connectivity index (χ1v) is 9.95. The highest BCUT2D eigenvalue weighted by molar-refractivity contribution is 6.05. The summed E-state index contributed by atoms with van der Waals surface area (Å²) in [5.41, 5.74) is 4.10. The molecule has 1 aromatic heterocycles. The van der Waals surface area contributed by atoms with Gasteiger partial charge in [-0.1, -0.05) is 12.1 Å². The maximum Gasteiger partial charge on any atom is 0.411 e. The van der Waals surface area contributed by atoms with Crippen molar-refractivity contribution in [1.82, 2.24) is 15.2 Å². The van der Waals surface area contributed by atoms with E-state index in [1.165, 1.54) is 4.90 Å². The Labute approximate surface area is 181 Å². The highest BCUT2D eigenvalue weighted by Crippen LogP contribution is 2.28. The molecule has 4 rings (SSSR count). The monoisotopic (exact) mass is 426 g/mol. The summed E-state index contributed by atoms with van der Waals surface area (Å²) in [7, 11) is 0. The molecule has 2 N–H and O–H groups in total. The van der Waals surface area contributed by atoms with E-state index in [0.29, 0.717) is 29.8 Å². The number of carbonyl (C=O) groups excluding carboxylic acids is 4. The number of nitrogens with zero attached hydrogens (tertiary/aromatic N) is 2. The minimum Gasteiger partial charge on any atom is -0.444 e. The van der Waals surface area contributed by atoms with Gasteiger partial charge in [0.05, 0.1) is 0 Å². The molecule has 1 aromatic carbocycles. The smallest absolute Gasteiger partial charge is 0.411 e. The number of rotatable bonds is 4. The van der Waals surface area contributed by atoms with Gasteiger partial charge in [-0.05, 0) is 49.6 Å². The van der Waals surface area contributed by atoms with E-state index in [1.807, 2.05) is 13.8 Å². The molecule has 1 unspecified atom stereocenters. The van der Waals surface area contributed by atoms with Crippen molar-refractivity contribution in [2.45, 2.75) is 45.9 Å². The summed E-state index contributed by atoms with van der Waals surface area (Å²) in [4.78, 5) is 54.2. The first-order chi connectivity index (χ1) is 14.8. The van der Waals surface area contributed by atoms with Crippen molar-refractivity contribution in [1.29, 1.82) is 0 Å². The lowest BCUT2D eigenvalue weighted by atomic mass is 10.0. The molecule has 9 nitrogen and oxygen atoms in total.